The molecule has 0 fully saturated rings. The molecule has 0 aliphatic carbocycles. The molecule has 0 radical (unpaired) electrons. The fraction of sp³-hybridized carbons (Fsp3) is 0. The first-order valence-corrected chi connectivity index (χ1v) is 9.92. The van der Waals surface area contributed by atoms with Crippen LogP contribution >= 0.6 is 7.72 Å². The van der Waals surface area contributed by atoms with Gasteiger partial charge in [0.25, 0.3) is 0 Å². The predicted octanol–water partition coefficient (Wildman–Crippen LogP) is 3.06. The molecule has 0 aromatic heterocycles. The topological polar surface area (TPSA) is 0 Å². The summed E-state index contributed by atoms with van der Waals surface area (Å²) < 4.78 is 0. The minimum atomic E-state index is -0.780. The fourth-order valence-corrected chi connectivity index (χ4v) is 7.20. The van der Waals surface area contributed by atoms with Crippen LogP contribution in [-0.4, -0.2) is 8.05 Å². The van der Waals surface area contributed by atoms with Crippen LogP contribution in [-0.2, 0) is 0 Å². The van der Waals surface area contributed by atoms with Gasteiger partial charge in [-0.25, -0.2) is 0 Å². The lowest BCUT2D eigenvalue weighted by molar-refractivity contribution is 1.74. The Morgan fingerprint density at radius 1 is 0.500 bits per heavy atom. The number of hydrogen-bond donors (Lipinski definition) is 0. The van der Waals surface area contributed by atoms with Gasteiger partial charge in [0.15, 0.2) is 0 Å². The molecule has 0 saturated heterocycles. The van der Waals surface area contributed by atoms with Crippen molar-refractivity contribution in [3.8, 4) is 0 Å². The van der Waals surface area contributed by atoms with E-state index >= 15 is 0 Å². The average molecular weight is 290 g/mol. The molecule has 0 bridgehead atoms. The molecule has 0 N–H and O–H groups in total. The molecule has 0 saturated carbocycles. The molecule has 3 aromatic carbocycles. The van der Waals surface area contributed by atoms with Crippen molar-refractivity contribution >= 4 is 31.4 Å². The van der Waals surface area contributed by atoms with Crippen molar-refractivity contribution < 1.29 is 0 Å². The third kappa shape index (κ3) is 3.19. The van der Waals surface area contributed by atoms with Gasteiger partial charge in [0, 0.05) is 0 Å². The molecule has 0 heterocycles. The molecule has 0 aliphatic heterocycles. The molecule has 0 amide bonds. The Morgan fingerprint density at radius 3 is 1.35 bits per heavy atom. The standard InChI is InChI=1S/C18H15PSi/c1-4-10-16(11-5-1)19-20(17-12-6-2-7-13-17)18-14-8-3-9-15-18/h1-15H. The zero-order valence-electron chi connectivity index (χ0n) is 11.1. The first-order chi connectivity index (χ1) is 9.93. The van der Waals surface area contributed by atoms with Crippen molar-refractivity contribution in [1.29, 1.82) is 0 Å². The maximum absolute atomic E-state index is 2.26. The first kappa shape index (κ1) is 13.2. The fourth-order valence-electron chi connectivity index (χ4n) is 2.12. The average Bonchev–Trinajstić information content (AvgIpc) is 2.55. The summed E-state index contributed by atoms with van der Waals surface area (Å²) in [5, 5.41) is 4.33. The predicted molar refractivity (Wildman–Crippen MR) is 90.9 cm³/mol. The van der Waals surface area contributed by atoms with Gasteiger partial charge in [0.1, 0.15) is 8.05 Å². The Kier molecular flexibility index (Phi) is 4.32. The van der Waals surface area contributed by atoms with Crippen LogP contribution in [0.5, 0.6) is 0 Å². The van der Waals surface area contributed by atoms with Gasteiger partial charge in [0.05, 0.1) is 0 Å². The SMILES string of the molecule is c1ccc(P=[Si](c2ccccc2)c2ccccc2)cc1. The summed E-state index contributed by atoms with van der Waals surface area (Å²) in [6, 6.07) is 32.6. The molecule has 20 heavy (non-hydrogen) atoms. The monoisotopic (exact) mass is 290 g/mol. The zero-order chi connectivity index (χ0) is 13.6. The Balaban J connectivity index is 2.12. The van der Waals surface area contributed by atoms with E-state index in [1.807, 2.05) is 0 Å². The Morgan fingerprint density at radius 2 is 0.900 bits per heavy atom. The van der Waals surface area contributed by atoms with Gasteiger partial charge in [0.2, 0.25) is 0 Å². The zero-order valence-corrected chi connectivity index (χ0v) is 13.0. The van der Waals surface area contributed by atoms with Crippen molar-refractivity contribution in [3.05, 3.63) is 91.0 Å². The minimum absolute atomic E-state index is 0.780. The highest BCUT2D eigenvalue weighted by atomic mass is 31.2. The number of benzene rings is 3. The van der Waals surface area contributed by atoms with Crippen molar-refractivity contribution in [2.45, 2.75) is 0 Å². The third-order valence-electron chi connectivity index (χ3n) is 3.09. The summed E-state index contributed by atoms with van der Waals surface area (Å²) in [5.74, 6) is 0. The van der Waals surface area contributed by atoms with Crippen LogP contribution < -0.4 is 15.7 Å². The van der Waals surface area contributed by atoms with Crippen molar-refractivity contribution in [2.24, 2.45) is 0 Å². The lowest BCUT2D eigenvalue weighted by Crippen LogP contribution is -2.32. The van der Waals surface area contributed by atoms with E-state index in [0.717, 1.165) is 0 Å². The van der Waals surface area contributed by atoms with Crippen LogP contribution in [0.1, 0.15) is 0 Å². The van der Waals surface area contributed by atoms with Gasteiger partial charge >= 0.3 is 0 Å². The second kappa shape index (κ2) is 6.56. The minimum Gasteiger partial charge on any atom is -0.0903 e. The maximum atomic E-state index is 2.26. The summed E-state index contributed by atoms with van der Waals surface area (Å²) in [6.07, 6.45) is 0. The highest BCUT2D eigenvalue weighted by molar-refractivity contribution is 7.63. The molecule has 0 atom stereocenters. The third-order valence-corrected chi connectivity index (χ3v) is 8.63. The van der Waals surface area contributed by atoms with E-state index in [4.69, 9.17) is 0 Å². The number of rotatable bonds is 3. The van der Waals surface area contributed by atoms with Crippen LogP contribution in [0.2, 0.25) is 0 Å². The van der Waals surface area contributed by atoms with E-state index in [2.05, 4.69) is 91.0 Å². The van der Waals surface area contributed by atoms with Gasteiger partial charge in [-0.3, -0.25) is 0 Å². The first-order valence-electron chi connectivity index (χ1n) is 6.68. The molecular weight excluding hydrogens is 275 g/mol. The Hall–Kier alpha value is -1.82. The molecular formula is C18H15PSi. The van der Waals surface area contributed by atoms with Gasteiger partial charge < -0.3 is 0 Å². The molecule has 0 aliphatic rings. The second-order valence-corrected chi connectivity index (χ2v) is 9.13. The summed E-state index contributed by atoms with van der Waals surface area (Å²) in [7, 11) is 0.645. The summed E-state index contributed by atoms with van der Waals surface area (Å²) in [5.41, 5.74) is 0. The largest absolute Gasteiger partial charge is 0.116 e. The molecule has 0 spiro atoms. The van der Waals surface area contributed by atoms with Crippen LogP contribution in [0.25, 0.3) is 0 Å². The number of hydrogen-bond acceptors (Lipinski definition) is 0. The summed E-state index contributed by atoms with van der Waals surface area (Å²) in [4.78, 5) is 0. The molecule has 0 nitrogen and oxygen atoms in total. The van der Waals surface area contributed by atoms with Crippen LogP contribution in [0.15, 0.2) is 91.0 Å². The highest BCUT2D eigenvalue weighted by Gasteiger charge is 2.06. The van der Waals surface area contributed by atoms with Crippen molar-refractivity contribution in [2.75, 3.05) is 0 Å². The Labute approximate surface area is 122 Å². The molecule has 3 aromatic rings. The lowest BCUT2D eigenvalue weighted by atomic mass is 10.4. The van der Waals surface area contributed by atoms with Gasteiger partial charge in [-0.05, 0) is 15.7 Å². The molecule has 96 valence electrons. The van der Waals surface area contributed by atoms with Crippen LogP contribution in [0.4, 0.5) is 0 Å². The van der Waals surface area contributed by atoms with E-state index in [0.29, 0.717) is 0 Å². The van der Waals surface area contributed by atoms with Crippen molar-refractivity contribution in [1.82, 2.24) is 0 Å². The maximum Gasteiger partial charge on any atom is 0.116 e. The van der Waals surface area contributed by atoms with Gasteiger partial charge in [-0.2, -0.15) is 0 Å². The quantitative estimate of drug-likeness (QED) is 0.514. The van der Waals surface area contributed by atoms with Crippen molar-refractivity contribution in [3.63, 3.8) is 0 Å². The van der Waals surface area contributed by atoms with Gasteiger partial charge in [-0.1, -0.05) is 98.7 Å². The van der Waals surface area contributed by atoms with E-state index in [1.54, 1.807) is 0 Å². The van der Waals surface area contributed by atoms with E-state index in [-0.39, 0.29) is 0 Å². The van der Waals surface area contributed by atoms with E-state index < -0.39 is 8.05 Å². The molecule has 3 rings (SSSR count). The lowest BCUT2D eigenvalue weighted by Gasteiger charge is -2.06. The van der Waals surface area contributed by atoms with Crippen LogP contribution in [0.3, 0.4) is 0 Å². The van der Waals surface area contributed by atoms with Gasteiger partial charge in [-0.15, -0.1) is 0 Å². The molecule has 2 heteroatoms. The van der Waals surface area contributed by atoms with Crippen LogP contribution in [0, 0.1) is 0 Å². The summed E-state index contributed by atoms with van der Waals surface area (Å²) in [6.45, 7) is 0. The normalized spacial score (nSPS) is 10.4. The van der Waals surface area contributed by atoms with E-state index in [1.165, 1.54) is 23.4 Å². The van der Waals surface area contributed by atoms with E-state index in [9.17, 15) is 0 Å². The molecule has 0 unspecified atom stereocenters. The summed E-state index contributed by atoms with van der Waals surface area (Å²) >= 11 is 0. The highest BCUT2D eigenvalue weighted by Crippen LogP contribution is 2.02. The second-order valence-electron chi connectivity index (χ2n) is 4.53. The smallest absolute Gasteiger partial charge is 0.0903 e. The Bertz CT molecular complexity index is 650.